The van der Waals surface area contributed by atoms with E-state index in [0.717, 1.165) is 52.8 Å². The highest BCUT2D eigenvalue weighted by atomic mass is 32.1. The lowest BCUT2D eigenvalue weighted by Gasteiger charge is -2.22. The molecule has 0 spiro atoms. The van der Waals surface area contributed by atoms with Gasteiger partial charge in [-0.25, -0.2) is 4.98 Å². The molecule has 0 fully saturated rings. The van der Waals surface area contributed by atoms with Gasteiger partial charge in [0.15, 0.2) is 5.13 Å². The molecule has 2 aromatic carbocycles. The predicted octanol–water partition coefficient (Wildman–Crippen LogP) is 4.84. The molecule has 1 aromatic heterocycles. The summed E-state index contributed by atoms with van der Waals surface area (Å²) >= 11 is 1.57. The number of unbranched alkanes of at least 4 members (excludes halogenated alkanes) is 1. The van der Waals surface area contributed by atoms with Gasteiger partial charge in [-0.2, -0.15) is 0 Å². The molecule has 0 aliphatic rings. The zero-order chi connectivity index (χ0) is 25.4. The Labute approximate surface area is 209 Å². The van der Waals surface area contributed by atoms with Crippen LogP contribution in [0.15, 0.2) is 47.8 Å². The van der Waals surface area contributed by atoms with Gasteiger partial charge in [0.2, 0.25) is 0 Å². The Bertz CT molecular complexity index is 1150. The van der Waals surface area contributed by atoms with Crippen LogP contribution >= 0.6 is 11.3 Å². The lowest BCUT2D eigenvalue weighted by Crippen LogP contribution is -2.38. The molecular formula is C26H31N3O5S. The number of rotatable bonds is 12. The summed E-state index contributed by atoms with van der Waals surface area (Å²) in [5, 5.41) is 14.4. The molecule has 3 rings (SSSR count). The molecule has 1 heterocycles. The Morgan fingerprint density at radius 3 is 2.51 bits per heavy atom. The molecule has 3 aromatic rings. The van der Waals surface area contributed by atoms with Gasteiger partial charge in [0.05, 0.1) is 19.9 Å². The first kappa shape index (κ1) is 26.0. The molecule has 1 atom stereocenters. The van der Waals surface area contributed by atoms with E-state index in [2.05, 4.69) is 17.1 Å². The molecule has 35 heavy (non-hydrogen) atoms. The number of amides is 1. The lowest BCUT2D eigenvalue weighted by molar-refractivity contribution is -0.138. The van der Waals surface area contributed by atoms with E-state index >= 15 is 0 Å². The largest absolute Gasteiger partial charge is 0.497 e. The highest BCUT2D eigenvalue weighted by molar-refractivity contribution is 7.14. The van der Waals surface area contributed by atoms with Crippen molar-refractivity contribution in [3.8, 4) is 22.8 Å². The fourth-order valence-electron chi connectivity index (χ4n) is 3.46. The van der Waals surface area contributed by atoms with Gasteiger partial charge in [-0.05, 0) is 49.2 Å². The van der Waals surface area contributed by atoms with Gasteiger partial charge >= 0.3 is 5.97 Å². The van der Waals surface area contributed by atoms with Crippen molar-refractivity contribution in [2.75, 3.05) is 25.7 Å². The first-order valence-electron chi connectivity index (χ1n) is 11.4. The third-order valence-corrected chi connectivity index (χ3v) is 6.44. The number of benzene rings is 2. The van der Waals surface area contributed by atoms with E-state index in [1.165, 1.54) is 6.92 Å². The number of nitrogens with one attached hydrogen (secondary N) is 1. The Balaban J connectivity index is 1.79. The van der Waals surface area contributed by atoms with E-state index in [-0.39, 0.29) is 0 Å². The third-order valence-electron chi connectivity index (χ3n) is 5.53. The van der Waals surface area contributed by atoms with Crippen LogP contribution in [0.25, 0.3) is 11.3 Å². The smallest absolute Gasteiger partial charge is 0.325 e. The monoisotopic (exact) mass is 497 g/mol. The Hall–Kier alpha value is -3.59. The molecule has 0 saturated carbocycles. The van der Waals surface area contributed by atoms with Gasteiger partial charge in [-0.15, -0.1) is 11.3 Å². The van der Waals surface area contributed by atoms with Crippen LogP contribution in [-0.4, -0.2) is 48.8 Å². The van der Waals surface area contributed by atoms with E-state index < -0.39 is 17.9 Å². The quantitative estimate of drug-likeness (QED) is 0.369. The molecule has 0 aliphatic carbocycles. The average Bonchev–Trinajstić information content (AvgIpc) is 3.36. The molecule has 0 saturated heterocycles. The second-order valence-electron chi connectivity index (χ2n) is 8.09. The van der Waals surface area contributed by atoms with Crippen molar-refractivity contribution >= 4 is 28.3 Å². The minimum Gasteiger partial charge on any atom is -0.497 e. The average molecular weight is 498 g/mol. The number of ether oxygens (including phenoxy) is 2. The number of nitrogens with zero attached hydrogens (tertiary/aromatic N) is 2. The zero-order valence-electron chi connectivity index (χ0n) is 20.4. The van der Waals surface area contributed by atoms with Crippen LogP contribution in [0.3, 0.4) is 0 Å². The maximum atomic E-state index is 12.3. The van der Waals surface area contributed by atoms with Crippen molar-refractivity contribution in [3.63, 3.8) is 0 Å². The number of hydrogen-bond donors (Lipinski definition) is 2. The van der Waals surface area contributed by atoms with Crippen molar-refractivity contribution in [2.24, 2.45) is 0 Å². The van der Waals surface area contributed by atoms with Gasteiger partial charge in [-0.1, -0.05) is 25.5 Å². The van der Waals surface area contributed by atoms with E-state index in [4.69, 9.17) is 19.6 Å². The van der Waals surface area contributed by atoms with Crippen molar-refractivity contribution in [1.82, 2.24) is 10.3 Å². The van der Waals surface area contributed by atoms with E-state index in [1.54, 1.807) is 37.7 Å². The Kier molecular flexibility index (Phi) is 9.08. The van der Waals surface area contributed by atoms with Crippen molar-refractivity contribution < 1.29 is 24.2 Å². The topological polar surface area (TPSA) is 101 Å². The zero-order valence-corrected chi connectivity index (χ0v) is 21.2. The number of carboxylic acid groups (broad SMARTS) is 1. The number of hydrogen-bond acceptors (Lipinski definition) is 7. The summed E-state index contributed by atoms with van der Waals surface area (Å²) in [6, 6.07) is 11.9. The summed E-state index contributed by atoms with van der Waals surface area (Å²) in [5.41, 5.74) is 3.14. The van der Waals surface area contributed by atoms with Crippen LogP contribution in [0.5, 0.6) is 11.5 Å². The molecule has 0 radical (unpaired) electrons. The number of aromatic nitrogens is 1. The predicted molar refractivity (Wildman–Crippen MR) is 138 cm³/mol. The van der Waals surface area contributed by atoms with Crippen molar-refractivity contribution in [3.05, 3.63) is 59.0 Å². The van der Waals surface area contributed by atoms with Gasteiger partial charge in [-0.3, -0.25) is 9.59 Å². The molecular weight excluding hydrogens is 466 g/mol. The highest BCUT2D eigenvalue weighted by Gasteiger charge is 2.17. The Morgan fingerprint density at radius 2 is 1.89 bits per heavy atom. The third kappa shape index (κ3) is 6.73. The molecule has 1 unspecified atom stereocenters. The van der Waals surface area contributed by atoms with Crippen LogP contribution in [0.4, 0.5) is 5.13 Å². The van der Waals surface area contributed by atoms with Crippen LogP contribution in [0.1, 0.15) is 42.6 Å². The van der Waals surface area contributed by atoms with Crippen LogP contribution < -0.4 is 19.7 Å². The normalized spacial score (nSPS) is 11.5. The summed E-state index contributed by atoms with van der Waals surface area (Å²) in [6.45, 7) is 5.06. The molecule has 0 aliphatic heterocycles. The van der Waals surface area contributed by atoms with Crippen LogP contribution in [0, 0.1) is 0 Å². The maximum absolute atomic E-state index is 12.3. The van der Waals surface area contributed by atoms with E-state index in [1.807, 2.05) is 35.7 Å². The Morgan fingerprint density at radius 1 is 1.14 bits per heavy atom. The van der Waals surface area contributed by atoms with Gasteiger partial charge in [0.25, 0.3) is 5.91 Å². The first-order chi connectivity index (χ1) is 16.9. The summed E-state index contributed by atoms with van der Waals surface area (Å²) in [6.07, 6.45) is 2.07. The van der Waals surface area contributed by atoms with Crippen molar-refractivity contribution in [2.45, 2.75) is 39.3 Å². The molecule has 186 valence electrons. The number of anilines is 1. The number of carbonyl (C=O) groups excluding carboxylic acids is 1. The summed E-state index contributed by atoms with van der Waals surface area (Å²) in [5.74, 6) is -0.0177. The second kappa shape index (κ2) is 12.2. The molecule has 0 bridgehead atoms. The van der Waals surface area contributed by atoms with Crippen molar-refractivity contribution in [1.29, 1.82) is 0 Å². The van der Waals surface area contributed by atoms with E-state index in [9.17, 15) is 9.59 Å². The SMILES string of the molecule is CCCCN(Cc1ccc(C(=O)NC(C)C(=O)O)cc1)c1nc(-c2cc(OC)ccc2OC)cs1. The molecule has 9 heteroatoms. The summed E-state index contributed by atoms with van der Waals surface area (Å²) < 4.78 is 10.9. The fourth-order valence-corrected chi connectivity index (χ4v) is 4.32. The number of methoxy groups -OCH3 is 2. The minimum absolute atomic E-state index is 0.411. The standard InChI is InChI=1S/C26H31N3O5S/c1-5-6-13-29(15-18-7-9-19(10-8-18)24(30)27-17(2)25(31)32)26-28-22(16-35-26)21-14-20(33-3)11-12-23(21)34-4/h7-12,14,16-17H,5-6,13,15H2,1-4H3,(H,27,30)(H,31,32). The molecule has 1 amide bonds. The number of aliphatic carboxylic acids is 1. The summed E-state index contributed by atoms with van der Waals surface area (Å²) in [4.78, 5) is 30.4. The minimum atomic E-state index is -1.07. The van der Waals surface area contributed by atoms with Gasteiger partial charge in [0, 0.05) is 29.6 Å². The number of carboxylic acids is 1. The van der Waals surface area contributed by atoms with Gasteiger partial charge in [0.1, 0.15) is 17.5 Å². The van der Waals surface area contributed by atoms with Crippen LogP contribution in [0.2, 0.25) is 0 Å². The first-order valence-corrected chi connectivity index (χ1v) is 12.3. The van der Waals surface area contributed by atoms with E-state index in [0.29, 0.717) is 12.1 Å². The number of thiazole rings is 1. The molecule has 2 N–H and O–H groups in total. The van der Waals surface area contributed by atoms with Gasteiger partial charge < -0.3 is 24.8 Å². The molecule has 8 nitrogen and oxygen atoms in total. The fraction of sp³-hybridized carbons (Fsp3) is 0.346. The highest BCUT2D eigenvalue weighted by Crippen LogP contribution is 2.36. The van der Waals surface area contributed by atoms with Crippen LogP contribution in [-0.2, 0) is 11.3 Å². The maximum Gasteiger partial charge on any atom is 0.325 e. The second-order valence-corrected chi connectivity index (χ2v) is 8.92. The lowest BCUT2D eigenvalue weighted by atomic mass is 10.1. The number of carbonyl (C=O) groups is 2. The summed E-state index contributed by atoms with van der Waals surface area (Å²) in [7, 11) is 3.27.